The van der Waals surface area contributed by atoms with E-state index in [9.17, 15) is 4.79 Å². The molecule has 0 fully saturated rings. The summed E-state index contributed by atoms with van der Waals surface area (Å²) in [4.78, 5) is 17.8. The zero-order chi connectivity index (χ0) is 14.8. The summed E-state index contributed by atoms with van der Waals surface area (Å²) in [5.74, 6) is -0.0961. The number of carbonyl (C=O) groups is 1. The number of amides is 1. The number of thiazole rings is 1. The molecule has 2 aromatic rings. The van der Waals surface area contributed by atoms with Crippen molar-refractivity contribution in [1.29, 1.82) is 0 Å². The Bertz CT molecular complexity index is 655. The van der Waals surface area contributed by atoms with E-state index in [-0.39, 0.29) is 11.9 Å². The summed E-state index contributed by atoms with van der Waals surface area (Å²) >= 11 is 1.45. The predicted octanol–water partition coefficient (Wildman–Crippen LogP) is 1.99. The van der Waals surface area contributed by atoms with Gasteiger partial charge in [-0.2, -0.15) is 0 Å². The van der Waals surface area contributed by atoms with Gasteiger partial charge in [-0.25, -0.2) is 4.98 Å². The Morgan fingerprint density at radius 3 is 3.14 bits per heavy atom. The van der Waals surface area contributed by atoms with Gasteiger partial charge in [-0.1, -0.05) is 18.2 Å². The van der Waals surface area contributed by atoms with Crippen LogP contribution in [0.25, 0.3) is 0 Å². The van der Waals surface area contributed by atoms with Crippen LogP contribution in [0.4, 0.5) is 10.8 Å². The fourth-order valence-electron chi connectivity index (χ4n) is 2.65. The van der Waals surface area contributed by atoms with Crippen molar-refractivity contribution in [2.24, 2.45) is 5.73 Å². The molecule has 0 saturated carbocycles. The highest BCUT2D eigenvalue weighted by molar-refractivity contribution is 7.13. The van der Waals surface area contributed by atoms with Crippen LogP contribution in [0.2, 0.25) is 0 Å². The van der Waals surface area contributed by atoms with Crippen molar-refractivity contribution in [3.63, 3.8) is 0 Å². The number of nitrogens with zero attached hydrogens (tertiary/aromatic N) is 2. The van der Waals surface area contributed by atoms with Gasteiger partial charge in [-0.3, -0.25) is 4.79 Å². The second-order valence-corrected chi connectivity index (χ2v) is 6.16. The van der Waals surface area contributed by atoms with Gasteiger partial charge in [0.25, 0.3) is 0 Å². The molecule has 3 rings (SSSR count). The number of nitrogens with two attached hydrogens (primary N) is 1. The van der Waals surface area contributed by atoms with Crippen molar-refractivity contribution in [3.8, 4) is 0 Å². The standard InChI is InChI=1S/C15H18N4OS/c1-10(20)17-15-18-13(9-21-15)8-19-7-12(16)6-11-4-2-3-5-14(11)19/h2-5,9,12H,6-8,16H2,1H3,(H,17,18,20). The van der Waals surface area contributed by atoms with E-state index in [0.717, 1.165) is 18.7 Å². The van der Waals surface area contributed by atoms with Gasteiger partial charge in [0.05, 0.1) is 12.2 Å². The highest BCUT2D eigenvalue weighted by Gasteiger charge is 2.22. The van der Waals surface area contributed by atoms with E-state index in [1.807, 2.05) is 17.5 Å². The minimum Gasteiger partial charge on any atom is -0.364 e. The van der Waals surface area contributed by atoms with Crippen LogP contribution >= 0.6 is 11.3 Å². The van der Waals surface area contributed by atoms with Gasteiger partial charge in [0.15, 0.2) is 5.13 Å². The van der Waals surface area contributed by atoms with Crippen LogP contribution in [0.5, 0.6) is 0 Å². The zero-order valence-corrected chi connectivity index (χ0v) is 12.7. The SMILES string of the molecule is CC(=O)Nc1nc(CN2CC(N)Cc3ccccc32)cs1. The van der Waals surface area contributed by atoms with Gasteiger partial charge in [0.1, 0.15) is 0 Å². The number of para-hydroxylation sites is 1. The Morgan fingerprint density at radius 1 is 1.52 bits per heavy atom. The summed E-state index contributed by atoms with van der Waals surface area (Å²) in [5.41, 5.74) is 9.62. The molecule has 1 amide bonds. The Kier molecular flexibility index (Phi) is 3.90. The summed E-state index contributed by atoms with van der Waals surface area (Å²) in [5, 5.41) is 5.34. The molecule has 1 unspecified atom stereocenters. The molecule has 0 bridgehead atoms. The smallest absolute Gasteiger partial charge is 0.223 e. The Morgan fingerprint density at radius 2 is 2.33 bits per heavy atom. The molecule has 3 N–H and O–H groups in total. The molecule has 1 aliphatic rings. The molecule has 2 heterocycles. The first kappa shape index (κ1) is 14.0. The number of hydrogen-bond donors (Lipinski definition) is 2. The monoisotopic (exact) mass is 302 g/mol. The maximum absolute atomic E-state index is 11.0. The summed E-state index contributed by atoms with van der Waals surface area (Å²) in [6, 6.07) is 8.50. The molecule has 0 spiro atoms. The molecule has 1 aromatic heterocycles. The minimum absolute atomic E-state index is 0.0961. The molecular formula is C15H18N4OS. The van der Waals surface area contributed by atoms with Crippen LogP contribution < -0.4 is 16.0 Å². The lowest BCUT2D eigenvalue weighted by Gasteiger charge is -2.34. The molecule has 1 aliphatic heterocycles. The zero-order valence-electron chi connectivity index (χ0n) is 11.9. The second-order valence-electron chi connectivity index (χ2n) is 5.30. The highest BCUT2D eigenvalue weighted by atomic mass is 32.1. The van der Waals surface area contributed by atoms with E-state index in [1.54, 1.807) is 0 Å². The van der Waals surface area contributed by atoms with Gasteiger partial charge < -0.3 is 16.0 Å². The number of fused-ring (bicyclic) bond motifs is 1. The lowest BCUT2D eigenvalue weighted by molar-refractivity contribution is -0.114. The van der Waals surface area contributed by atoms with Crippen LogP contribution in [0, 0.1) is 0 Å². The van der Waals surface area contributed by atoms with Gasteiger partial charge in [-0.15, -0.1) is 11.3 Å². The third-order valence-corrected chi connectivity index (χ3v) is 4.26. The van der Waals surface area contributed by atoms with Crippen LogP contribution in [-0.4, -0.2) is 23.5 Å². The number of carbonyl (C=O) groups excluding carboxylic acids is 1. The molecule has 1 atom stereocenters. The minimum atomic E-state index is -0.0961. The van der Waals surface area contributed by atoms with Crippen molar-refractivity contribution < 1.29 is 4.79 Å². The molecule has 21 heavy (non-hydrogen) atoms. The molecular weight excluding hydrogens is 284 g/mol. The number of rotatable bonds is 3. The molecule has 5 nitrogen and oxygen atoms in total. The van der Waals surface area contributed by atoms with E-state index < -0.39 is 0 Å². The number of anilines is 2. The lowest BCUT2D eigenvalue weighted by Crippen LogP contribution is -2.42. The van der Waals surface area contributed by atoms with Crippen molar-refractivity contribution in [3.05, 3.63) is 40.9 Å². The number of aromatic nitrogens is 1. The maximum atomic E-state index is 11.0. The first-order valence-electron chi connectivity index (χ1n) is 6.92. The predicted molar refractivity (Wildman–Crippen MR) is 85.6 cm³/mol. The average Bonchev–Trinajstić information content (AvgIpc) is 2.85. The van der Waals surface area contributed by atoms with Crippen molar-refractivity contribution in [2.75, 3.05) is 16.8 Å². The Balaban J connectivity index is 1.78. The maximum Gasteiger partial charge on any atom is 0.223 e. The third kappa shape index (κ3) is 3.22. The van der Waals surface area contributed by atoms with E-state index in [1.165, 1.54) is 29.5 Å². The molecule has 6 heteroatoms. The summed E-state index contributed by atoms with van der Waals surface area (Å²) < 4.78 is 0. The molecule has 1 aromatic carbocycles. The fraction of sp³-hybridized carbons (Fsp3) is 0.333. The molecule has 110 valence electrons. The Hall–Kier alpha value is -1.92. The van der Waals surface area contributed by atoms with Crippen LogP contribution in [0.1, 0.15) is 18.2 Å². The van der Waals surface area contributed by atoms with Gasteiger partial charge >= 0.3 is 0 Å². The number of hydrogen-bond acceptors (Lipinski definition) is 5. The number of benzene rings is 1. The average molecular weight is 302 g/mol. The Labute approximate surface area is 127 Å². The second kappa shape index (κ2) is 5.83. The van der Waals surface area contributed by atoms with Crippen molar-refractivity contribution in [1.82, 2.24) is 4.98 Å². The lowest BCUT2D eigenvalue weighted by atomic mass is 9.98. The summed E-state index contributed by atoms with van der Waals surface area (Å²) in [7, 11) is 0. The van der Waals surface area contributed by atoms with E-state index in [0.29, 0.717) is 11.7 Å². The fourth-order valence-corrected chi connectivity index (χ4v) is 3.40. The van der Waals surface area contributed by atoms with Crippen LogP contribution in [-0.2, 0) is 17.8 Å². The van der Waals surface area contributed by atoms with Crippen molar-refractivity contribution in [2.45, 2.75) is 25.9 Å². The van der Waals surface area contributed by atoms with Crippen LogP contribution in [0.15, 0.2) is 29.6 Å². The van der Waals surface area contributed by atoms with Gasteiger partial charge in [-0.05, 0) is 18.1 Å². The number of nitrogens with one attached hydrogen (secondary N) is 1. The summed E-state index contributed by atoms with van der Waals surface area (Å²) in [6.07, 6.45) is 0.918. The van der Waals surface area contributed by atoms with E-state index >= 15 is 0 Å². The van der Waals surface area contributed by atoms with Gasteiger partial charge in [0.2, 0.25) is 5.91 Å². The molecule has 0 aliphatic carbocycles. The highest BCUT2D eigenvalue weighted by Crippen LogP contribution is 2.28. The normalized spacial score (nSPS) is 17.4. The largest absolute Gasteiger partial charge is 0.364 e. The van der Waals surface area contributed by atoms with E-state index in [4.69, 9.17) is 5.73 Å². The third-order valence-electron chi connectivity index (χ3n) is 3.46. The first-order chi connectivity index (χ1) is 10.1. The quantitative estimate of drug-likeness (QED) is 0.909. The van der Waals surface area contributed by atoms with E-state index in [2.05, 4.69) is 27.3 Å². The molecule has 0 radical (unpaired) electrons. The molecule has 0 saturated heterocycles. The topological polar surface area (TPSA) is 71.2 Å². The first-order valence-corrected chi connectivity index (χ1v) is 7.80. The summed E-state index contributed by atoms with van der Waals surface area (Å²) in [6.45, 7) is 3.02. The van der Waals surface area contributed by atoms with Gasteiger partial charge in [0, 0.05) is 30.6 Å². The van der Waals surface area contributed by atoms with Crippen molar-refractivity contribution >= 4 is 28.1 Å². The van der Waals surface area contributed by atoms with Crippen LogP contribution in [0.3, 0.4) is 0 Å².